The maximum atomic E-state index is 11.3. The lowest BCUT2D eigenvalue weighted by Crippen LogP contribution is -2.46. The summed E-state index contributed by atoms with van der Waals surface area (Å²) in [6.07, 6.45) is 1.23. The molecule has 9 heteroatoms. The molecule has 5 N–H and O–H groups in total. The van der Waals surface area contributed by atoms with Crippen LogP contribution in [0.2, 0.25) is 0 Å². The van der Waals surface area contributed by atoms with Crippen LogP contribution in [-0.4, -0.2) is 52.9 Å². The molecule has 0 saturated heterocycles. The van der Waals surface area contributed by atoms with E-state index in [0.717, 1.165) is 0 Å². The van der Waals surface area contributed by atoms with E-state index in [2.05, 4.69) is 20.7 Å². The number of primary amides is 1. The van der Waals surface area contributed by atoms with Gasteiger partial charge < -0.3 is 20.7 Å². The summed E-state index contributed by atoms with van der Waals surface area (Å²) in [5, 5.41) is 18.2. The molecule has 0 rings (SSSR count). The largest absolute Gasteiger partial charge is 0.394 e. The van der Waals surface area contributed by atoms with Gasteiger partial charge in [-0.3, -0.25) is 10.1 Å². The molecule has 7 nitrogen and oxygen atoms in total. The lowest BCUT2D eigenvalue weighted by atomic mass is 10.0. The lowest BCUT2D eigenvalue weighted by molar-refractivity contribution is -0.122. The van der Waals surface area contributed by atoms with Crippen LogP contribution in [0.15, 0.2) is 0 Å². The summed E-state index contributed by atoms with van der Waals surface area (Å²) in [7, 11) is 0. The molecule has 0 unspecified atom stereocenters. The van der Waals surface area contributed by atoms with Crippen molar-refractivity contribution in [3.8, 4) is 0 Å². The van der Waals surface area contributed by atoms with Crippen molar-refractivity contribution in [3.05, 3.63) is 0 Å². The zero-order valence-electron chi connectivity index (χ0n) is 11.7. The highest BCUT2D eigenvalue weighted by Crippen LogP contribution is 2.26. The summed E-state index contributed by atoms with van der Waals surface area (Å²) in [4.78, 5) is 21.6. The number of urea groups is 1. The van der Waals surface area contributed by atoms with Crippen LogP contribution < -0.4 is 11.1 Å². The molecule has 122 valence electrons. The quantitative estimate of drug-likeness (QED) is 0.380. The Hall–Kier alpha value is -0.410. The Labute approximate surface area is 133 Å². The number of hydrogen-bond acceptors (Lipinski definition) is 5. The summed E-state index contributed by atoms with van der Waals surface area (Å²) in [5.74, 6) is -0.375. The SMILES string of the molecule is CCC(Br)(CC)C(=O)NC(N)=O.Cl.OCCOCCO. The number of halogens is 2. The van der Waals surface area contributed by atoms with Gasteiger partial charge in [-0.15, -0.1) is 12.4 Å². The van der Waals surface area contributed by atoms with Crippen LogP contribution in [0.5, 0.6) is 0 Å². The Balaban J connectivity index is -0.000000312. The van der Waals surface area contributed by atoms with E-state index in [4.69, 9.17) is 15.9 Å². The number of alkyl halides is 1. The molecule has 0 radical (unpaired) electrons. The van der Waals surface area contributed by atoms with Crippen molar-refractivity contribution < 1.29 is 24.5 Å². The fraction of sp³-hybridized carbons (Fsp3) is 0.818. The number of aliphatic hydroxyl groups excluding tert-OH is 2. The second-order valence-corrected chi connectivity index (χ2v) is 5.07. The molecule has 0 aromatic rings. The van der Waals surface area contributed by atoms with Crippen LogP contribution in [0.1, 0.15) is 26.7 Å². The number of amides is 3. The smallest absolute Gasteiger partial charge is 0.318 e. The third-order valence-electron chi connectivity index (χ3n) is 2.24. The summed E-state index contributed by atoms with van der Waals surface area (Å²) >= 11 is 3.26. The normalized spacial score (nSPS) is 9.85. The molecule has 0 bridgehead atoms. The van der Waals surface area contributed by atoms with Crippen molar-refractivity contribution in [2.45, 2.75) is 31.0 Å². The second-order valence-electron chi connectivity index (χ2n) is 3.55. The van der Waals surface area contributed by atoms with Gasteiger partial charge in [0, 0.05) is 0 Å². The van der Waals surface area contributed by atoms with Crippen molar-refractivity contribution in [3.63, 3.8) is 0 Å². The molecule has 0 spiro atoms. The Kier molecular flexibility index (Phi) is 18.4. The number of ether oxygens (including phenoxy) is 1. The van der Waals surface area contributed by atoms with Crippen LogP contribution in [-0.2, 0) is 9.53 Å². The van der Waals surface area contributed by atoms with Gasteiger partial charge in [0.1, 0.15) is 4.32 Å². The molecule has 0 heterocycles. The summed E-state index contributed by atoms with van der Waals surface area (Å²) in [5.41, 5.74) is 4.81. The molecular weight excluding hydrogens is 355 g/mol. The van der Waals surface area contributed by atoms with E-state index >= 15 is 0 Å². The number of rotatable bonds is 7. The number of carbonyl (C=O) groups excluding carboxylic acids is 2. The monoisotopic (exact) mass is 378 g/mol. The highest BCUT2D eigenvalue weighted by atomic mass is 79.9. The van der Waals surface area contributed by atoms with E-state index in [0.29, 0.717) is 26.1 Å². The Morgan fingerprint density at radius 3 is 1.85 bits per heavy atom. The van der Waals surface area contributed by atoms with Gasteiger partial charge in [0.05, 0.1) is 26.4 Å². The Morgan fingerprint density at radius 1 is 1.20 bits per heavy atom. The molecule has 0 aliphatic rings. The van der Waals surface area contributed by atoms with E-state index < -0.39 is 10.4 Å². The van der Waals surface area contributed by atoms with Gasteiger partial charge >= 0.3 is 6.03 Å². The highest BCUT2D eigenvalue weighted by Gasteiger charge is 2.32. The Bertz CT molecular complexity index is 261. The van der Waals surface area contributed by atoms with E-state index in [1.807, 2.05) is 19.2 Å². The number of nitrogens with two attached hydrogens (primary N) is 1. The maximum Gasteiger partial charge on any atom is 0.318 e. The van der Waals surface area contributed by atoms with Gasteiger partial charge in [-0.1, -0.05) is 29.8 Å². The molecule has 0 fully saturated rings. The fourth-order valence-electron chi connectivity index (χ4n) is 1.03. The average molecular weight is 380 g/mol. The van der Waals surface area contributed by atoms with Crippen molar-refractivity contribution in [1.82, 2.24) is 5.32 Å². The molecular formula is C11H24BrClN2O5. The molecule has 0 aliphatic heterocycles. The van der Waals surface area contributed by atoms with Gasteiger partial charge in [0.15, 0.2) is 0 Å². The van der Waals surface area contributed by atoms with Crippen molar-refractivity contribution >= 4 is 40.3 Å². The standard InChI is InChI=1S/C7H13BrN2O2.C4H10O3.ClH/c1-3-7(8,4-2)5(11)10-6(9)12;5-1-3-7-4-2-6;/h3-4H2,1-2H3,(H3,9,10,11,12);5-6H,1-4H2;1H. The highest BCUT2D eigenvalue weighted by molar-refractivity contribution is 9.10. The van der Waals surface area contributed by atoms with Crippen LogP contribution in [0.3, 0.4) is 0 Å². The average Bonchev–Trinajstić information content (AvgIpc) is 2.38. The first-order valence-corrected chi connectivity index (χ1v) is 6.76. The summed E-state index contributed by atoms with van der Waals surface area (Å²) < 4.78 is 3.97. The summed E-state index contributed by atoms with van der Waals surface area (Å²) in [6.45, 7) is 4.42. The van der Waals surface area contributed by atoms with Gasteiger partial charge in [0.25, 0.3) is 0 Å². The zero-order valence-corrected chi connectivity index (χ0v) is 14.1. The minimum absolute atomic E-state index is 0. The van der Waals surface area contributed by atoms with Crippen LogP contribution >= 0.6 is 28.3 Å². The van der Waals surface area contributed by atoms with Gasteiger partial charge in [0.2, 0.25) is 5.91 Å². The topological polar surface area (TPSA) is 122 Å². The number of aliphatic hydroxyl groups is 2. The predicted molar refractivity (Wildman–Crippen MR) is 82.2 cm³/mol. The van der Waals surface area contributed by atoms with Gasteiger partial charge in [-0.05, 0) is 12.8 Å². The number of hydrogen-bond donors (Lipinski definition) is 4. The minimum Gasteiger partial charge on any atom is -0.394 e. The van der Waals surface area contributed by atoms with E-state index in [9.17, 15) is 9.59 Å². The van der Waals surface area contributed by atoms with E-state index in [-0.39, 0.29) is 31.5 Å². The molecule has 0 aromatic carbocycles. The van der Waals surface area contributed by atoms with Gasteiger partial charge in [-0.25, -0.2) is 4.79 Å². The van der Waals surface area contributed by atoms with Crippen molar-refractivity contribution in [1.29, 1.82) is 0 Å². The van der Waals surface area contributed by atoms with E-state index in [1.54, 1.807) is 0 Å². The number of carbonyl (C=O) groups is 2. The van der Waals surface area contributed by atoms with Crippen LogP contribution in [0.4, 0.5) is 4.79 Å². The molecule has 3 amide bonds. The third kappa shape index (κ3) is 12.6. The molecule has 0 atom stereocenters. The van der Waals surface area contributed by atoms with Crippen LogP contribution in [0.25, 0.3) is 0 Å². The lowest BCUT2D eigenvalue weighted by Gasteiger charge is -2.21. The predicted octanol–water partition coefficient (Wildman–Crippen LogP) is 0.544. The van der Waals surface area contributed by atoms with Crippen molar-refractivity contribution in [2.24, 2.45) is 5.73 Å². The first-order chi connectivity index (χ1) is 8.87. The molecule has 20 heavy (non-hydrogen) atoms. The van der Waals surface area contributed by atoms with E-state index in [1.165, 1.54) is 0 Å². The minimum atomic E-state index is -0.814. The fourth-order valence-corrected chi connectivity index (χ4v) is 1.13. The van der Waals surface area contributed by atoms with Crippen molar-refractivity contribution in [2.75, 3.05) is 26.4 Å². The molecule has 0 aliphatic carbocycles. The third-order valence-corrected chi connectivity index (χ3v) is 3.72. The maximum absolute atomic E-state index is 11.3. The second kappa shape index (κ2) is 15.0. The molecule has 0 aromatic heterocycles. The Morgan fingerprint density at radius 2 is 1.60 bits per heavy atom. The zero-order chi connectivity index (χ0) is 15.3. The van der Waals surface area contributed by atoms with Crippen LogP contribution in [0, 0.1) is 0 Å². The van der Waals surface area contributed by atoms with Gasteiger partial charge in [-0.2, -0.15) is 0 Å². The number of imide groups is 1. The first-order valence-electron chi connectivity index (χ1n) is 5.97. The molecule has 0 saturated carbocycles. The first kappa shape index (κ1) is 24.6. The number of nitrogens with one attached hydrogen (secondary N) is 1. The summed E-state index contributed by atoms with van der Waals surface area (Å²) in [6, 6.07) is -0.814.